The van der Waals surface area contributed by atoms with E-state index in [-0.39, 0.29) is 12.3 Å². The van der Waals surface area contributed by atoms with Crippen molar-refractivity contribution in [3.05, 3.63) is 20.3 Å². The third-order valence-electron chi connectivity index (χ3n) is 2.55. The number of ether oxygens (including phenoxy) is 2. The molecule has 0 saturated heterocycles. The summed E-state index contributed by atoms with van der Waals surface area (Å²) in [7, 11) is 3.26. The molecule has 0 spiro atoms. The van der Waals surface area contributed by atoms with Crippen LogP contribution < -0.4 is 0 Å². The van der Waals surface area contributed by atoms with E-state index in [0.717, 1.165) is 0 Å². The number of ketones is 1. The fourth-order valence-electron chi connectivity index (χ4n) is 1.53. The zero-order valence-corrected chi connectivity index (χ0v) is 13.3. The summed E-state index contributed by atoms with van der Waals surface area (Å²) < 4.78 is 11.0. The van der Waals surface area contributed by atoms with E-state index in [4.69, 9.17) is 32.7 Å². The molecule has 0 aliphatic heterocycles. The van der Waals surface area contributed by atoms with Crippen molar-refractivity contribution >= 4 is 40.3 Å². The Balaban J connectivity index is 2.61. The molecule has 0 unspecified atom stereocenters. The second-order valence-corrected chi connectivity index (χ2v) is 6.21. The molecule has 19 heavy (non-hydrogen) atoms. The monoisotopic (exact) mass is 325 g/mol. The number of halogens is 2. The van der Waals surface area contributed by atoms with Crippen molar-refractivity contribution in [2.24, 2.45) is 0 Å². The van der Waals surface area contributed by atoms with Crippen LogP contribution in [0.5, 0.6) is 0 Å². The lowest BCUT2D eigenvalue weighted by Crippen LogP contribution is -2.35. The van der Waals surface area contributed by atoms with Gasteiger partial charge in [0, 0.05) is 27.3 Å². The smallest absolute Gasteiger partial charge is 0.179 e. The average Bonchev–Trinajstić information content (AvgIpc) is 2.71. The molecular formula is C12H17Cl2NO3S. The van der Waals surface area contributed by atoms with Gasteiger partial charge in [0.05, 0.1) is 29.7 Å². The van der Waals surface area contributed by atoms with Gasteiger partial charge in [-0.2, -0.15) is 0 Å². The van der Waals surface area contributed by atoms with E-state index in [0.29, 0.717) is 40.5 Å². The van der Waals surface area contributed by atoms with Gasteiger partial charge in [-0.25, -0.2) is 0 Å². The maximum absolute atomic E-state index is 12.2. The van der Waals surface area contributed by atoms with Crippen molar-refractivity contribution < 1.29 is 14.3 Å². The summed E-state index contributed by atoms with van der Waals surface area (Å²) in [5, 5.41) is 0. The molecule has 1 heterocycles. The number of thiophene rings is 1. The highest BCUT2D eigenvalue weighted by Crippen LogP contribution is 2.31. The van der Waals surface area contributed by atoms with Crippen molar-refractivity contribution in [1.82, 2.24) is 4.90 Å². The topological polar surface area (TPSA) is 38.8 Å². The lowest BCUT2D eigenvalue weighted by molar-refractivity contribution is 0.0837. The minimum Gasteiger partial charge on any atom is -0.383 e. The summed E-state index contributed by atoms with van der Waals surface area (Å²) in [4.78, 5) is 14.1. The van der Waals surface area contributed by atoms with Gasteiger partial charge in [0.1, 0.15) is 4.34 Å². The van der Waals surface area contributed by atoms with Crippen molar-refractivity contribution in [2.75, 3.05) is 47.1 Å². The minimum absolute atomic E-state index is 0.0413. The van der Waals surface area contributed by atoms with Crippen LogP contribution in [0, 0.1) is 0 Å². The van der Waals surface area contributed by atoms with Crippen molar-refractivity contribution in [3.63, 3.8) is 0 Å². The largest absolute Gasteiger partial charge is 0.383 e. The van der Waals surface area contributed by atoms with E-state index in [1.54, 1.807) is 20.3 Å². The van der Waals surface area contributed by atoms with Crippen LogP contribution in [0.2, 0.25) is 8.67 Å². The molecule has 0 fully saturated rings. The highest BCUT2D eigenvalue weighted by atomic mass is 35.5. The molecule has 0 saturated carbocycles. The number of rotatable bonds is 9. The Kier molecular flexibility index (Phi) is 7.90. The molecule has 108 valence electrons. The first-order chi connectivity index (χ1) is 9.08. The highest BCUT2D eigenvalue weighted by molar-refractivity contribution is 7.20. The van der Waals surface area contributed by atoms with Crippen LogP contribution >= 0.6 is 34.5 Å². The summed E-state index contributed by atoms with van der Waals surface area (Å²) in [6.45, 7) is 2.74. The first-order valence-corrected chi connectivity index (χ1v) is 7.34. The van der Waals surface area contributed by atoms with E-state index in [9.17, 15) is 4.79 Å². The van der Waals surface area contributed by atoms with Crippen molar-refractivity contribution in [2.45, 2.75) is 0 Å². The molecule has 0 aliphatic rings. The molecule has 0 atom stereocenters. The van der Waals surface area contributed by atoms with Gasteiger partial charge in [0.2, 0.25) is 0 Å². The second kappa shape index (κ2) is 8.89. The lowest BCUT2D eigenvalue weighted by atomic mass is 10.2. The standard InChI is InChI=1S/C12H17Cl2NO3S/c1-17-5-3-15(4-6-18-2)8-10(16)9-7-11(13)19-12(9)14/h7H,3-6,8H2,1-2H3. The molecular weight excluding hydrogens is 309 g/mol. The fourth-order valence-corrected chi connectivity index (χ4v) is 3.03. The third kappa shape index (κ3) is 5.77. The van der Waals surface area contributed by atoms with Gasteiger partial charge in [0.25, 0.3) is 0 Å². The first-order valence-electron chi connectivity index (χ1n) is 5.76. The van der Waals surface area contributed by atoms with E-state index in [1.165, 1.54) is 11.3 Å². The number of Topliss-reactive ketones (excluding diaryl/α,β-unsaturated/α-hetero) is 1. The summed E-state index contributed by atoms with van der Waals surface area (Å²) in [5.41, 5.74) is 0.483. The predicted molar refractivity (Wildman–Crippen MR) is 78.9 cm³/mol. The van der Waals surface area contributed by atoms with Crippen LogP contribution in [0.3, 0.4) is 0 Å². The Bertz CT molecular complexity index is 404. The third-order valence-corrected chi connectivity index (χ3v) is 4.04. The van der Waals surface area contributed by atoms with Gasteiger partial charge < -0.3 is 9.47 Å². The average molecular weight is 326 g/mol. The predicted octanol–water partition coefficient (Wildman–Crippen LogP) is 2.83. The minimum atomic E-state index is -0.0413. The van der Waals surface area contributed by atoms with E-state index in [1.807, 2.05) is 4.90 Å². The molecule has 0 amide bonds. The normalized spacial score (nSPS) is 11.2. The molecule has 4 nitrogen and oxygen atoms in total. The van der Waals surface area contributed by atoms with Gasteiger partial charge in [0.15, 0.2) is 5.78 Å². The number of nitrogens with zero attached hydrogens (tertiary/aromatic N) is 1. The van der Waals surface area contributed by atoms with Gasteiger partial charge in [-0.1, -0.05) is 23.2 Å². The van der Waals surface area contributed by atoms with Crippen LogP contribution in [0.15, 0.2) is 6.07 Å². The van der Waals surface area contributed by atoms with Crippen LogP contribution in [-0.4, -0.2) is 57.8 Å². The summed E-state index contributed by atoms with van der Waals surface area (Å²) in [6.07, 6.45) is 0. The lowest BCUT2D eigenvalue weighted by Gasteiger charge is -2.20. The van der Waals surface area contributed by atoms with Crippen LogP contribution in [0.1, 0.15) is 10.4 Å². The van der Waals surface area contributed by atoms with Gasteiger partial charge >= 0.3 is 0 Å². The Morgan fingerprint density at radius 1 is 1.26 bits per heavy atom. The zero-order chi connectivity index (χ0) is 14.3. The molecule has 7 heteroatoms. The molecule has 0 aliphatic carbocycles. The first kappa shape index (κ1) is 16.9. The maximum atomic E-state index is 12.2. The molecule has 0 aromatic carbocycles. The Hall–Kier alpha value is -0.170. The quantitative estimate of drug-likeness (QED) is 0.654. The van der Waals surface area contributed by atoms with Crippen molar-refractivity contribution in [3.8, 4) is 0 Å². The molecule has 1 rings (SSSR count). The Morgan fingerprint density at radius 2 is 1.84 bits per heavy atom. The summed E-state index contributed by atoms with van der Waals surface area (Å²) >= 11 is 13.0. The van der Waals surface area contributed by atoms with Crippen LogP contribution in [-0.2, 0) is 9.47 Å². The van der Waals surface area contributed by atoms with Crippen LogP contribution in [0.4, 0.5) is 0 Å². The van der Waals surface area contributed by atoms with Gasteiger partial charge in [-0.3, -0.25) is 9.69 Å². The van der Waals surface area contributed by atoms with E-state index < -0.39 is 0 Å². The molecule has 1 aromatic rings. The Labute approximate surface area is 127 Å². The summed E-state index contributed by atoms with van der Waals surface area (Å²) in [6, 6.07) is 1.61. The van der Waals surface area contributed by atoms with Gasteiger partial charge in [-0.05, 0) is 6.07 Å². The molecule has 0 bridgehead atoms. The molecule has 0 radical (unpaired) electrons. The second-order valence-electron chi connectivity index (χ2n) is 3.92. The molecule has 1 aromatic heterocycles. The van der Waals surface area contributed by atoms with Crippen molar-refractivity contribution in [1.29, 1.82) is 0 Å². The van der Waals surface area contributed by atoms with Crippen LogP contribution in [0.25, 0.3) is 0 Å². The Morgan fingerprint density at radius 3 is 2.26 bits per heavy atom. The number of hydrogen-bond donors (Lipinski definition) is 0. The number of hydrogen-bond acceptors (Lipinski definition) is 5. The van der Waals surface area contributed by atoms with Gasteiger partial charge in [-0.15, -0.1) is 11.3 Å². The van der Waals surface area contributed by atoms with E-state index in [2.05, 4.69) is 0 Å². The molecule has 0 N–H and O–H groups in total. The fraction of sp³-hybridized carbons (Fsp3) is 0.583. The summed E-state index contributed by atoms with van der Waals surface area (Å²) in [5.74, 6) is -0.0413. The SMILES string of the molecule is COCCN(CCOC)CC(=O)c1cc(Cl)sc1Cl. The van der Waals surface area contributed by atoms with E-state index >= 15 is 0 Å². The number of carbonyl (C=O) groups is 1. The highest BCUT2D eigenvalue weighted by Gasteiger charge is 2.17. The number of carbonyl (C=O) groups excluding carboxylic acids is 1. The zero-order valence-electron chi connectivity index (χ0n) is 10.9. The maximum Gasteiger partial charge on any atom is 0.179 e. The number of methoxy groups -OCH3 is 2.